The minimum atomic E-state index is -0.651. The monoisotopic (exact) mass is 307 g/mol. The van der Waals surface area contributed by atoms with Crippen LogP contribution >= 0.6 is 8.58 Å². The Morgan fingerprint density at radius 2 is 1.95 bits per heavy atom. The van der Waals surface area contributed by atoms with Crippen LogP contribution in [0.2, 0.25) is 0 Å². The first-order valence-electron chi connectivity index (χ1n) is 7.43. The highest BCUT2D eigenvalue weighted by Gasteiger charge is 2.24. The Balaban J connectivity index is 3.74. The third-order valence-electron chi connectivity index (χ3n) is 3.39. The van der Waals surface area contributed by atoms with Crippen LogP contribution in [0.25, 0.3) is 0 Å². The first-order chi connectivity index (χ1) is 9.56. The summed E-state index contributed by atoms with van der Waals surface area (Å²) in [6, 6.07) is 0. The summed E-state index contributed by atoms with van der Waals surface area (Å²) in [4.78, 5) is 11.1. The highest BCUT2D eigenvalue weighted by atomic mass is 31.1. The predicted octanol–water partition coefficient (Wildman–Crippen LogP) is 0.506. The van der Waals surface area contributed by atoms with Crippen molar-refractivity contribution in [3.63, 3.8) is 0 Å². The predicted molar refractivity (Wildman–Crippen MR) is 83.8 cm³/mol. The summed E-state index contributed by atoms with van der Waals surface area (Å²) >= 11 is 0. The van der Waals surface area contributed by atoms with E-state index in [1.54, 1.807) is 0 Å². The highest BCUT2D eigenvalue weighted by Crippen LogP contribution is 2.23. The van der Waals surface area contributed by atoms with Crippen molar-refractivity contribution in [3.05, 3.63) is 0 Å². The molecule has 0 spiro atoms. The molecule has 0 aliphatic heterocycles. The van der Waals surface area contributed by atoms with E-state index in [-0.39, 0.29) is 12.3 Å². The Hall–Kier alpha value is -0.0600. The van der Waals surface area contributed by atoms with Crippen molar-refractivity contribution in [2.75, 3.05) is 26.4 Å². The number of unbranched alkanes of at least 4 members (excludes halogenated alkanes) is 1. The molecular formula is C14H30NO4P. The fraction of sp³-hybridized carbons (Fsp3) is 0.929. The number of hydrogen-bond acceptors (Lipinski definition) is 5. The number of Topliss-reactive ketones (excluding diaryl/α,β-unsaturated/α-hetero) is 1. The number of rotatable bonds is 13. The lowest BCUT2D eigenvalue weighted by molar-refractivity contribution is -0.118. The molecule has 6 heteroatoms. The van der Waals surface area contributed by atoms with Gasteiger partial charge in [0.15, 0.2) is 0 Å². The van der Waals surface area contributed by atoms with Crippen molar-refractivity contribution in [1.29, 1.82) is 0 Å². The molecule has 0 rings (SSSR count). The van der Waals surface area contributed by atoms with Gasteiger partial charge in [0.2, 0.25) is 0 Å². The van der Waals surface area contributed by atoms with E-state index in [0.717, 1.165) is 19.4 Å². The molecule has 4 atom stereocenters. The minimum absolute atomic E-state index is 0.0618. The third-order valence-corrected chi connectivity index (χ3v) is 4.83. The molecule has 0 saturated carbocycles. The molecule has 4 N–H and O–H groups in total. The van der Waals surface area contributed by atoms with E-state index < -0.39 is 12.2 Å². The zero-order valence-electron chi connectivity index (χ0n) is 12.6. The third kappa shape index (κ3) is 8.98. The van der Waals surface area contributed by atoms with Crippen LogP contribution in [-0.2, 0) is 4.79 Å². The molecule has 0 amide bonds. The average molecular weight is 307 g/mol. The topological polar surface area (TPSA) is 89.8 Å². The maximum atomic E-state index is 11.1. The lowest BCUT2D eigenvalue weighted by Gasteiger charge is -2.26. The van der Waals surface area contributed by atoms with Crippen molar-refractivity contribution >= 4 is 14.4 Å². The van der Waals surface area contributed by atoms with E-state index in [1.807, 2.05) is 13.6 Å². The number of carbonyl (C=O) groups is 1. The summed E-state index contributed by atoms with van der Waals surface area (Å²) in [6.07, 6.45) is 2.09. The van der Waals surface area contributed by atoms with Crippen LogP contribution in [0.1, 0.15) is 39.0 Å². The number of ketones is 1. The SMILES string of the molecule is CCC(=O)CCCCNCC(O)C(PC)C(O)CCO. The molecule has 4 unspecified atom stereocenters. The molecule has 0 bridgehead atoms. The van der Waals surface area contributed by atoms with Gasteiger partial charge in [0.25, 0.3) is 0 Å². The Bertz CT molecular complexity index is 253. The molecule has 0 radical (unpaired) electrons. The maximum Gasteiger partial charge on any atom is 0.132 e. The van der Waals surface area contributed by atoms with Gasteiger partial charge >= 0.3 is 0 Å². The second-order valence-corrected chi connectivity index (χ2v) is 6.26. The summed E-state index contributed by atoms with van der Waals surface area (Å²) in [5.74, 6) is 0.296. The Labute approximate surface area is 123 Å². The van der Waals surface area contributed by atoms with Gasteiger partial charge in [-0.3, -0.25) is 4.79 Å². The average Bonchev–Trinajstić information content (AvgIpc) is 2.43. The van der Waals surface area contributed by atoms with E-state index in [1.165, 1.54) is 0 Å². The number of hydrogen-bond donors (Lipinski definition) is 4. The summed E-state index contributed by atoms with van der Waals surface area (Å²) in [7, 11) is 0.432. The van der Waals surface area contributed by atoms with E-state index in [4.69, 9.17) is 5.11 Å². The zero-order valence-corrected chi connectivity index (χ0v) is 13.6. The molecule has 0 aliphatic rings. The lowest BCUT2D eigenvalue weighted by Crippen LogP contribution is -2.41. The van der Waals surface area contributed by atoms with Gasteiger partial charge in [-0.05, 0) is 32.5 Å². The summed E-state index contributed by atoms with van der Waals surface area (Å²) in [6.45, 7) is 4.97. The number of aliphatic hydroxyl groups is 3. The Morgan fingerprint density at radius 3 is 2.50 bits per heavy atom. The van der Waals surface area contributed by atoms with Crippen molar-refractivity contribution in [2.24, 2.45) is 0 Å². The van der Waals surface area contributed by atoms with Gasteiger partial charge in [0.05, 0.1) is 12.2 Å². The standard InChI is InChI=1S/C14H30NO4P/c1-3-11(17)6-4-5-8-15-10-13(19)14(20-2)12(18)7-9-16/h12-16,18-20H,3-10H2,1-2H3. The molecule has 120 valence electrons. The van der Waals surface area contributed by atoms with Crippen LogP contribution in [0, 0.1) is 0 Å². The molecule has 0 aromatic rings. The molecule has 0 heterocycles. The number of carbonyl (C=O) groups excluding carboxylic acids is 1. The molecule has 0 aromatic carbocycles. The molecule has 0 fully saturated rings. The van der Waals surface area contributed by atoms with Gasteiger partial charge in [-0.2, -0.15) is 0 Å². The molecular weight excluding hydrogens is 277 g/mol. The smallest absolute Gasteiger partial charge is 0.132 e. The molecule has 0 aliphatic carbocycles. The Morgan fingerprint density at radius 1 is 1.25 bits per heavy atom. The van der Waals surface area contributed by atoms with Crippen molar-refractivity contribution in [1.82, 2.24) is 5.32 Å². The summed E-state index contributed by atoms with van der Waals surface area (Å²) < 4.78 is 0. The second-order valence-electron chi connectivity index (χ2n) is 5.01. The highest BCUT2D eigenvalue weighted by molar-refractivity contribution is 7.38. The number of aliphatic hydroxyl groups excluding tert-OH is 3. The van der Waals surface area contributed by atoms with Gasteiger partial charge in [-0.1, -0.05) is 6.92 Å². The first-order valence-corrected chi connectivity index (χ1v) is 9.01. The first kappa shape index (κ1) is 19.9. The quantitative estimate of drug-likeness (QED) is 0.294. The lowest BCUT2D eigenvalue weighted by atomic mass is 10.1. The van der Waals surface area contributed by atoms with Gasteiger partial charge in [-0.25, -0.2) is 0 Å². The van der Waals surface area contributed by atoms with E-state index in [0.29, 0.717) is 40.2 Å². The van der Waals surface area contributed by atoms with E-state index in [9.17, 15) is 15.0 Å². The van der Waals surface area contributed by atoms with Crippen molar-refractivity contribution in [2.45, 2.75) is 56.9 Å². The minimum Gasteiger partial charge on any atom is -0.396 e. The molecule has 5 nitrogen and oxygen atoms in total. The summed E-state index contributed by atoms with van der Waals surface area (Å²) in [5.41, 5.74) is -0.184. The van der Waals surface area contributed by atoms with Gasteiger partial charge in [-0.15, -0.1) is 8.58 Å². The zero-order chi connectivity index (χ0) is 15.4. The van der Waals surface area contributed by atoms with Crippen molar-refractivity contribution < 1.29 is 20.1 Å². The van der Waals surface area contributed by atoms with Gasteiger partial charge < -0.3 is 20.6 Å². The van der Waals surface area contributed by atoms with Crippen LogP contribution in [-0.4, -0.2) is 65.3 Å². The second kappa shape index (κ2) is 12.7. The largest absolute Gasteiger partial charge is 0.396 e. The van der Waals surface area contributed by atoms with Gasteiger partial charge in [0.1, 0.15) is 5.78 Å². The summed E-state index contributed by atoms with van der Waals surface area (Å²) in [5, 5.41) is 31.8. The van der Waals surface area contributed by atoms with E-state index in [2.05, 4.69) is 5.32 Å². The van der Waals surface area contributed by atoms with Crippen LogP contribution in [0.3, 0.4) is 0 Å². The molecule has 0 saturated heterocycles. The van der Waals surface area contributed by atoms with Crippen LogP contribution in [0.4, 0.5) is 0 Å². The fourth-order valence-electron chi connectivity index (χ4n) is 2.08. The van der Waals surface area contributed by atoms with Crippen LogP contribution in [0.15, 0.2) is 0 Å². The molecule has 0 aromatic heterocycles. The molecule has 20 heavy (non-hydrogen) atoms. The number of nitrogens with one attached hydrogen (secondary N) is 1. The Kier molecular flexibility index (Phi) is 12.6. The maximum absolute atomic E-state index is 11.1. The normalized spacial score (nSPS) is 16.4. The van der Waals surface area contributed by atoms with Crippen molar-refractivity contribution in [3.8, 4) is 0 Å². The van der Waals surface area contributed by atoms with E-state index >= 15 is 0 Å². The fourth-order valence-corrected chi connectivity index (χ4v) is 3.13. The van der Waals surface area contributed by atoms with Crippen LogP contribution in [0.5, 0.6) is 0 Å². The van der Waals surface area contributed by atoms with Crippen LogP contribution < -0.4 is 5.32 Å². The van der Waals surface area contributed by atoms with Gasteiger partial charge in [0, 0.05) is 31.7 Å².